The molecule has 4 atom stereocenters. The molecule has 0 amide bonds. The molecule has 2 N–H and O–H groups in total. The predicted molar refractivity (Wildman–Crippen MR) is 254 cm³/mol. The summed E-state index contributed by atoms with van der Waals surface area (Å²) >= 11 is 0. The molecule has 0 spiro atoms. The normalized spacial score (nSPS) is 17.6. The van der Waals surface area contributed by atoms with Gasteiger partial charge >= 0.3 is 37.4 Å². The van der Waals surface area contributed by atoms with Crippen LogP contribution < -0.4 is 19.7 Å². The van der Waals surface area contributed by atoms with Gasteiger partial charge in [0.2, 0.25) is 0 Å². The Labute approximate surface area is 426 Å². The van der Waals surface area contributed by atoms with E-state index in [2.05, 4.69) is 19.5 Å². The van der Waals surface area contributed by atoms with E-state index in [4.69, 9.17) is 0 Å². The molecule has 3 aliphatic heterocycles. The number of nitrogens with one attached hydrogen (secondary N) is 1. The van der Waals surface area contributed by atoms with Crippen LogP contribution in [0, 0.1) is 0 Å². The number of fused-ring (bicyclic) bond motifs is 2. The lowest BCUT2D eigenvalue weighted by Crippen LogP contribution is -2.44. The number of hydrogen-bond acceptors (Lipinski definition) is 8. The Morgan fingerprint density at radius 1 is 0.632 bits per heavy atom. The smallest absolute Gasteiger partial charge is 0.428 e. The molecule has 3 aliphatic rings. The van der Waals surface area contributed by atoms with Crippen LogP contribution in [0.5, 0.6) is 11.5 Å². The van der Waals surface area contributed by atoms with Crippen LogP contribution >= 0.6 is 0 Å². The van der Waals surface area contributed by atoms with Gasteiger partial charge in [0.05, 0.1) is 25.2 Å². The third-order valence-corrected chi connectivity index (χ3v) is 12.3. The SMILES string of the molecule is FC(F)(F)C1CO1.O=Cc1cccc(-c2cccc3c2CCC(c2cccc(OC(F)(F)C(F)F)c2)N3)c1.O=Cc1cccc(-c2cccc3c2CCC(c2cccc(OC(F)(F)C(F)F)c2)N3CC(O)C(F)(F)F)c1.[HH]. The maximum Gasteiger partial charge on any atom is 0.461 e. The first kappa shape index (κ1) is 56.5. The Morgan fingerprint density at radius 2 is 1.12 bits per heavy atom. The Kier molecular flexibility index (Phi) is 17.4. The average Bonchev–Trinajstić information content (AvgIpc) is 4.26. The number of ether oxygens (including phenoxy) is 3. The van der Waals surface area contributed by atoms with Crippen LogP contribution in [0.3, 0.4) is 0 Å². The molecule has 0 radical (unpaired) electrons. The van der Waals surface area contributed by atoms with Crippen molar-refractivity contribution in [2.45, 2.75) is 87.4 Å². The lowest BCUT2D eigenvalue weighted by Gasteiger charge is -2.41. The minimum Gasteiger partial charge on any atom is -0.428 e. The Morgan fingerprint density at radius 3 is 1.62 bits per heavy atom. The number of carbonyl (C=O) groups is 2. The zero-order valence-corrected chi connectivity index (χ0v) is 39.3. The molecule has 8 nitrogen and oxygen atoms in total. The summed E-state index contributed by atoms with van der Waals surface area (Å²) in [7, 11) is 0. The highest BCUT2D eigenvalue weighted by Crippen LogP contribution is 2.45. The highest BCUT2D eigenvalue weighted by atomic mass is 19.4. The summed E-state index contributed by atoms with van der Waals surface area (Å²) in [6, 6.07) is 34.5. The second kappa shape index (κ2) is 23.4. The highest BCUT2D eigenvalue weighted by Gasteiger charge is 2.49. The van der Waals surface area contributed by atoms with Crippen molar-refractivity contribution in [1.82, 2.24) is 0 Å². The summed E-state index contributed by atoms with van der Waals surface area (Å²) in [5.74, 6) is -0.885. The number of anilines is 2. The zero-order chi connectivity index (χ0) is 55.2. The number of β-amino-alcohol motifs (C(OH)–C–C–N with tert-alkyl or cyclic N) is 1. The molecule has 0 saturated carbocycles. The summed E-state index contributed by atoms with van der Waals surface area (Å²) in [5, 5.41) is 13.3. The molecule has 6 aromatic carbocycles. The van der Waals surface area contributed by atoms with Crippen LogP contribution in [-0.4, -0.2) is 80.5 Å². The summed E-state index contributed by atoms with van der Waals surface area (Å²) in [5.41, 5.74) is 8.28. The van der Waals surface area contributed by atoms with Gasteiger partial charge in [-0.05, 0) is 119 Å². The van der Waals surface area contributed by atoms with Crippen LogP contribution in [0.25, 0.3) is 22.3 Å². The first-order chi connectivity index (χ1) is 35.9. The average molecular weight is 1080 g/mol. The molecule has 0 aromatic heterocycles. The molecule has 76 heavy (non-hydrogen) atoms. The van der Waals surface area contributed by atoms with Gasteiger partial charge in [-0.25, -0.2) is 0 Å². The van der Waals surface area contributed by atoms with Crippen molar-refractivity contribution in [3.8, 4) is 33.8 Å². The number of aliphatic hydroxyl groups excluding tert-OH is 1. The number of halogens is 14. The Balaban J connectivity index is 0.000000221. The molecule has 1 saturated heterocycles. The minimum absolute atomic E-state index is 0. The van der Waals surface area contributed by atoms with Crippen molar-refractivity contribution in [2.24, 2.45) is 0 Å². The molecular weight excluding hydrogens is 1040 g/mol. The second-order valence-corrected chi connectivity index (χ2v) is 17.6. The molecule has 9 rings (SSSR count). The number of aldehydes is 2. The van der Waals surface area contributed by atoms with Gasteiger partial charge in [-0.3, -0.25) is 9.59 Å². The Hall–Kier alpha value is -7.20. The lowest BCUT2D eigenvalue weighted by atomic mass is 9.86. The maximum absolute atomic E-state index is 13.5. The molecule has 0 aliphatic carbocycles. The van der Waals surface area contributed by atoms with E-state index in [1.807, 2.05) is 36.4 Å². The molecule has 1 fully saturated rings. The molecule has 0 bridgehead atoms. The number of rotatable bonds is 14. The third-order valence-electron chi connectivity index (χ3n) is 12.3. The molecular formula is C54H46F14N2O6. The molecule has 406 valence electrons. The van der Waals surface area contributed by atoms with E-state index in [9.17, 15) is 76.2 Å². The summed E-state index contributed by atoms with van der Waals surface area (Å²) in [4.78, 5) is 23.7. The number of benzene rings is 6. The minimum atomic E-state index is -4.93. The van der Waals surface area contributed by atoms with Crippen molar-refractivity contribution in [3.05, 3.63) is 167 Å². The molecule has 22 heteroatoms. The van der Waals surface area contributed by atoms with Gasteiger partial charge in [-0.1, -0.05) is 84.9 Å². The Bertz CT molecular complexity index is 2970. The van der Waals surface area contributed by atoms with Crippen molar-refractivity contribution in [3.63, 3.8) is 0 Å². The van der Waals surface area contributed by atoms with Crippen molar-refractivity contribution in [1.29, 1.82) is 0 Å². The third kappa shape index (κ3) is 14.0. The summed E-state index contributed by atoms with van der Waals surface area (Å²) in [6.45, 7) is -1.01. The van der Waals surface area contributed by atoms with E-state index in [1.54, 1.807) is 54.6 Å². The standard InChI is InChI=1S/C27H22F7NO3.C24H19F4NO2.C3H3F3O.H2/c28-25(29)27(33,34)38-19-7-2-6-18(13-19)22-11-10-21-20(17-5-1-4-16(12-17)15-36)8-3-9-23(21)35(22)14-24(37)26(30,31)32;25-23(26)24(27,28)31-18-7-2-6-17(13-18)21-11-10-20-19(8-3-9-22(20)29-21)16-5-1-4-15(12-16)14-30;4-3(5,6)2-1-7-2;/h1-9,12-13,15,22,24-25,37H,10-11,14H2;1-9,12-14,21,23,29H,10-11H2;2H,1H2;1H. The number of epoxide rings is 1. The van der Waals surface area contributed by atoms with Gasteiger partial charge in [0.25, 0.3) is 0 Å². The molecule has 3 heterocycles. The largest absolute Gasteiger partial charge is 0.461 e. The van der Waals surface area contributed by atoms with E-state index >= 15 is 0 Å². The quantitative estimate of drug-likeness (QED) is 0.0632. The van der Waals surface area contributed by atoms with Gasteiger partial charge in [0.15, 0.2) is 12.2 Å². The first-order valence-electron chi connectivity index (χ1n) is 23.1. The van der Waals surface area contributed by atoms with Gasteiger partial charge < -0.3 is 29.5 Å². The number of nitrogens with zero attached hydrogens (tertiary/aromatic N) is 1. The van der Waals surface area contributed by atoms with E-state index in [0.29, 0.717) is 64.6 Å². The van der Waals surface area contributed by atoms with Crippen LogP contribution in [0.4, 0.5) is 72.8 Å². The second-order valence-electron chi connectivity index (χ2n) is 17.6. The topological polar surface area (TPSA) is 101 Å². The van der Waals surface area contributed by atoms with Gasteiger partial charge in [-0.2, -0.15) is 61.5 Å². The van der Waals surface area contributed by atoms with Crippen molar-refractivity contribution in [2.75, 3.05) is 23.4 Å². The fraction of sp³-hybridized carbons (Fsp3) is 0.296. The number of hydrogen-bond donors (Lipinski definition) is 2. The van der Waals surface area contributed by atoms with E-state index in [-0.39, 0.29) is 31.8 Å². The van der Waals surface area contributed by atoms with Crippen LogP contribution in [0.1, 0.15) is 69.3 Å². The predicted octanol–water partition coefficient (Wildman–Crippen LogP) is 14.5. The fourth-order valence-corrected chi connectivity index (χ4v) is 8.68. The fourth-order valence-electron chi connectivity index (χ4n) is 8.68. The van der Waals surface area contributed by atoms with E-state index in [0.717, 1.165) is 40.8 Å². The zero-order valence-electron chi connectivity index (χ0n) is 39.3. The maximum atomic E-state index is 13.5. The number of aliphatic hydroxyl groups is 1. The van der Waals surface area contributed by atoms with Crippen LogP contribution in [0.15, 0.2) is 133 Å². The van der Waals surface area contributed by atoms with Gasteiger partial charge in [0, 0.05) is 23.9 Å². The lowest BCUT2D eigenvalue weighted by molar-refractivity contribution is -0.253. The van der Waals surface area contributed by atoms with Crippen LogP contribution in [-0.2, 0) is 17.6 Å². The summed E-state index contributed by atoms with van der Waals surface area (Å²) in [6.07, 6.45) is -27.1. The number of carbonyl (C=O) groups excluding carboxylic acids is 2. The first-order valence-corrected chi connectivity index (χ1v) is 23.1. The highest BCUT2D eigenvalue weighted by molar-refractivity contribution is 5.83. The summed E-state index contributed by atoms with van der Waals surface area (Å²) < 4.78 is 189. The van der Waals surface area contributed by atoms with Gasteiger partial charge in [-0.15, -0.1) is 0 Å². The number of alkyl halides is 14. The molecule has 4 unspecified atom stereocenters. The van der Waals surface area contributed by atoms with Crippen molar-refractivity contribution < 1.29 is 91.8 Å². The van der Waals surface area contributed by atoms with E-state index in [1.165, 1.54) is 35.2 Å². The van der Waals surface area contributed by atoms with E-state index < -0.39 is 68.0 Å². The van der Waals surface area contributed by atoms with Crippen LogP contribution in [0.2, 0.25) is 0 Å². The van der Waals surface area contributed by atoms with Crippen molar-refractivity contribution >= 4 is 23.9 Å². The van der Waals surface area contributed by atoms with Gasteiger partial charge in [0.1, 0.15) is 24.1 Å². The monoisotopic (exact) mass is 1080 g/mol. The molecule has 6 aromatic rings.